The van der Waals surface area contributed by atoms with E-state index in [1.54, 1.807) is 28.8 Å². The standard InChI is InChI=1S/C15H13F2IN2O/c16-12-8-11(9-13(17)15(12)18)20-14(21)6-3-5-10-4-1-2-7-19-10/h1-2,4,7-9H,3,5-6H2,(H,20,21). The lowest BCUT2D eigenvalue weighted by atomic mass is 10.1. The van der Waals surface area contributed by atoms with Gasteiger partial charge in [0.15, 0.2) is 0 Å². The molecule has 2 aromatic rings. The van der Waals surface area contributed by atoms with Crippen LogP contribution >= 0.6 is 22.6 Å². The van der Waals surface area contributed by atoms with E-state index in [1.165, 1.54) is 0 Å². The summed E-state index contributed by atoms with van der Waals surface area (Å²) in [6, 6.07) is 7.83. The maximum Gasteiger partial charge on any atom is 0.224 e. The number of nitrogens with zero attached hydrogens (tertiary/aromatic N) is 1. The van der Waals surface area contributed by atoms with Crippen LogP contribution in [0.2, 0.25) is 0 Å². The summed E-state index contributed by atoms with van der Waals surface area (Å²) < 4.78 is 26.6. The summed E-state index contributed by atoms with van der Waals surface area (Å²) in [4.78, 5) is 15.9. The summed E-state index contributed by atoms with van der Waals surface area (Å²) in [5, 5.41) is 2.49. The molecule has 1 heterocycles. The van der Waals surface area contributed by atoms with Crippen LogP contribution in [0.1, 0.15) is 18.5 Å². The Morgan fingerprint density at radius 1 is 1.24 bits per heavy atom. The predicted octanol–water partition coefficient (Wildman–Crippen LogP) is 3.93. The molecule has 0 atom stereocenters. The van der Waals surface area contributed by atoms with Gasteiger partial charge in [-0.15, -0.1) is 0 Å². The van der Waals surface area contributed by atoms with E-state index in [4.69, 9.17) is 0 Å². The number of hydrogen-bond donors (Lipinski definition) is 1. The summed E-state index contributed by atoms with van der Waals surface area (Å²) in [6.07, 6.45) is 3.28. The first-order chi connectivity index (χ1) is 10.1. The molecule has 3 nitrogen and oxygen atoms in total. The van der Waals surface area contributed by atoms with Crippen molar-refractivity contribution < 1.29 is 13.6 Å². The number of pyridine rings is 1. The largest absolute Gasteiger partial charge is 0.326 e. The Bertz CT molecular complexity index is 612. The third kappa shape index (κ3) is 4.73. The van der Waals surface area contributed by atoms with Crippen molar-refractivity contribution in [3.05, 3.63) is 57.4 Å². The zero-order valence-electron chi connectivity index (χ0n) is 11.1. The molecule has 1 aromatic heterocycles. The highest BCUT2D eigenvalue weighted by Gasteiger charge is 2.10. The lowest BCUT2D eigenvalue weighted by molar-refractivity contribution is -0.116. The number of nitrogens with one attached hydrogen (secondary N) is 1. The molecule has 21 heavy (non-hydrogen) atoms. The number of rotatable bonds is 5. The first-order valence-corrected chi connectivity index (χ1v) is 7.48. The van der Waals surface area contributed by atoms with Crippen LogP contribution in [0.15, 0.2) is 36.5 Å². The quantitative estimate of drug-likeness (QED) is 0.609. The molecule has 0 aliphatic rings. The molecule has 2 rings (SSSR count). The molecule has 1 amide bonds. The summed E-state index contributed by atoms with van der Waals surface area (Å²) in [5.41, 5.74) is 1.05. The lowest BCUT2D eigenvalue weighted by Crippen LogP contribution is -2.12. The third-order valence-corrected chi connectivity index (χ3v) is 3.86. The average molecular weight is 402 g/mol. The van der Waals surface area contributed by atoms with Crippen molar-refractivity contribution in [3.63, 3.8) is 0 Å². The smallest absolute Gasteiger partial charge is 0.224 e. The summed E-state index contributed by atoms with van der Waals surface area (Å²) in [7, 11) is 0. The molecule has 6 heteroatoms. The molecule has 0 unspecified atom stereocenters. The Morgan fingerprint density at radius 3 is 2.57 bits per heavy atom. The van der Waals surface area contributed by atoms with Crippen molar-refractivity contribution in [3.8, 4) is 0 Å². The number of anilines is 1. The van der Waals surface area contributed by atoms with Gasteiger partial charge in [-0.05, 0) is 59.7 Å². The number of aromatic nitrogens is 1. The Hall–Kier alpha value is -1.57. The highest BCUT2D eigenvalue weighted by atomic mass is 127. The number of hydrogen-bond acceptors (Lipinski definition) is 2. The molecule has 0 aliphatic carbocycles. The maximum atomic E-state index is 13.4. The van der Waals surface area contributed by atoms with E-state index in [9.17, 15) is 13.6 Å². The minimum atomic E-state index is -0.681. The maximum absolute atomic E-state index is 13.4. The fraction of sp³-hybridized carbons (Fsp3) is 0.200. The normalized spacial score (nSPS) is 10.4. The van der Waals surface area contributed by atoms with E-state index in [2.05, 4.69) is 10.3 Å². The van der Waals surface area contributed by atoms with Crippen LogP contribution < -0.4 is 5.32 Å². The summed E-state index contributed by atoms with van der Waals surface area (Å²) in [6.45, 7) is 0. The molecule has 0 bridgehead atoms. The topological polar surface area (TPSA) is 42.0 Å². The zero-order valence-corrected chi connectivity index (χ0v) is 13.2. The van der Waals surface area contributed by atoms with Gasteiger partial charge in [0.1, 0.15) is 11.6 Å². The Kier molecular flexibility index (Phi) is 5.60. The Morgan fingerprint density at radius 2 is 1.95 bits per heavy atom. The lowest BCUT2D eigenvalue weighted by Gasteiger charge is -2.07. The van der Waals surface area contributed by atoms with Crippen molar-refractivity contribution in [2.45, 2.75) is 19.3 Å². The molecular formula is C15H13F2IN2O. The molecule has 0 saturated heterocycles. The summed E-state index contributed by atoms with van der Waals surface area (Å²) in [5.74, 6) is -1.63. The number of carbonyl (C=O) groups excluding carboxylic acids is 1. The van der Waals surface area contributed by atoms with Crippen molar-refractivity contribution in [2.75, 3.05) is 5.32 Å². The molecule has 0 saturated carbocycles. The molecule has 0 aliphatic heterocycles. The van der Waals surface area contributed by atoms with Gasteiger partial charge in [0.2, 0.25) is 5.91 Å². The van der Waals surface area contributed by atoms with Crippen LogP contribution in [-0.2, 0) is 11.2 Å². The van der Waals surface area contributed by atoms with Crippen LogP contribution in [0.4, 0.5) is 14.5 Å². The van der Waals surface area contributed by atoms with Gasteiger partial charge >= 0.3 is 0 Å². The molecular weight excluding hydrogens is 389 g/mol. The van der Waals surface area contributed by atoms with E-state index in [1.807, 2.05) is 18.2 Å². The van der Waals surface area contributed by atoms with Crippen molar-refractivity contribution in [2.24, 2.45) is 0 Å². The van der Waals surface area contributed by atoms with Gasteiger partial charge in [0, 0.05) is 24.0 Å². The molecule has 0 fully saturated rings. The van der Waals surface area contributed by atoms with Gasteiger partial charge < -0.3 is 5.32 Å². The monoisotopic (exact) mass is 402 g/mol. The fourth-order valence-electron chi connectivity index (χ4n) is 1.83. The Labute approximate surface area is 134 Å². The van der Waals surface area contributed by atoms with E-state index in [-0.39, 0.29) is 21.6 Å². The molecule has 0 spiro atoms. The number of benzene rings is 1. The van der Waals surface area contributed by atoms with Gasteiger partial charge in [0.25, 0.3) is 0 Å². The number of aryl methyl sites for hydroxylation is 1. The predicted molar refractivity (Wildman–Crippen MR) is 84.9 cm³/mol. The van der Waals surface area contributed by atoms with E-state index in [0.717, 1.165) is 17.8 Å². The SMILES string of the molecule is O=C(CCCc1ccccn1)Nc1cc(F)c(I)c(F)c1. The Balaban J connectivity index is 1.85. The van der Waals surface area contributed by atoms with E-state index in [0.29, 0.717) is 12.8 Å². The first-order valence-electron chi connectivity index (χ1n) is 6.40. The van der Waals surface area contributed by atoms with Crippen LogP contribution in [0.5, 0.6) is 0 Å². The van der Waals surface area contributed by atoms with Crippen molar-refractivity contribution >= 4 is 34.2 Å². The van der Waals surface area contributed by atoms with Crippen LogP contribution in [0.3, 0.4) is 0 Å². The van der Waals surface area contributed by atoms with Crippen LogP contribution in [0.25, 0.3) is 0 Å². The highest BCUT2D eigenvalue weighted by Crippen LogP contribution is 2.20. The minimum Gasteiger partial charge on any atom is -0.326 e. The second kappa shape index (κ2) is 7.44. The van der Waals surface area contributed by atoms with Gasteiger partial charge in [-0.1, -0.05) is 6.07 Å². The van der Waals surface area contributed by atoms with Crippen molar-refractivity contribution in [1.29, 1.82) is 0 Å². The molecule has 1 N–H and O–H groups in total. The third-order valence-electron chi connectivity index (χ3n) is 2.83. The number of carbonyl (C=O) groups is 1. The second-order valence-corrected chi connectivity index (χ2v) is 5.56. The average Bonchev–Trinajstić information content (AvgIpc) is 2.46. The van der Waals surface area contributed by atoms with Gasteiger partial charge in [-0.3, -0.25) is 9.78 Å². The van der Waals surface area contributed by atoms with E-state index < -0.39 is 11.6 Å². The van der Waals surface area contributed by atoms with Gasteiger partial charge in [0.05, 0.1) is 3.57 Å². The second-order valence-electron chi connectivity index (χ2n) is 4.48. The molecule has 110 valence electrons. The van der Waals surface area contributed by atoms with Gasteiger partial charge in [-0.25, -0.2) is 8.78 Å². The highest BCUT2D eigenvalue weighted by molar-refractivity contribution is 14.1. The van der Waals surface area contributed by atoms with Gasteiger partial charge in [-0.2, -0.15) is 0 Å². The fourth-order valence-corrected chi connectivity index (χ4v) is 2.14. The number of halogens is 3. The number of amides is 1. The van der Waals surface area contributed by atoms with Crippen LogP contribution in [-0.4, -0.2) is 10.9 Å². The molecule has 1 aromatic carbocycles. The van der Waals surface area contributed by atoms with Crippen molar-refractivity contribution in [1.82, 2.24) is 4.98 Å². The van der Waals surface area contributed by atoms with E-state index >= 15 is 0 Å². The first kappa shape index (κ1) is 15.8. The summed E-state index contributed by atoms with van der Waals surface area (Å²) >= 11 is 1.58. The van der Waals surface area contributed by atoms with Crippen LogP contribution in [0, 0.1) is 15.2 Å². The molecule has 0 radical (unpaired) electrons. The minimum absolute atomic E-state index is 0.0826. The zero-order chi connectivity index (χ0) is 15.2.